The first kappa shape index (κ1) is 29.5. The Labute approximate surface area is 141 Å². The summed E-state index contributed by atoms with van der Waals surface area (Å²) in [6.07, 6.45) is -4.06. The maximum absolute atomic E-state index is 10.2. The molecule has 0 fully saturated rings. The van der Waals surface area contributed by atoms with Gasteiger partial charge < -0.3 is 39.4 Å². The van der Waals surface area contributed by atoms with Crippen LogP contribution in [0.3, 0.4) is 0 Å². The van der Waals surface area contributed by atoms with Gasteiger partial charge in [0.15, 0.2) is 0 Å². The van der Waals surface area contributed by atoms with Crippen LogP contribution in [0.4, 0.5) is 23.6 Å². The predicted molar refractivity (Wildman–Crippen MR) is 78.0 cm³/mol. The molecule has 0 aromatic carbocycles. The highest BCUT2D eigenvalue weighted by Gasteiger charge is 1.96. The zero-order valence-corrected chi connectivity index (χ0v) is 13.3. The molecule has 0 atom stereocenters. The van der Waals surface area contributed by atoms with E-state index in [-0.39, 0.29) is 6.33 Å². The van der Waals surface area contributed by atoms with Gasteiger partial charge in [0.25, 0.3) is 0 Å². The fourth-order valence-corrected chi connectivity index (χ4v) is 0.449. The van der Waals surface area contributed by atoms with Crippen LogP contribution in [0.15, 0.2) is 25.4 Å². The fourth-order valence-electron chi connectivity index (χ4n) is 0.449. The van der Waals surface area contributed by atoms with E-state index in [9.17, 15) is 18.8 Å². The van der Waals surface area contributed by atoms with Crippen molar-refractivity contribution in [1.29, 1.82) is 0 Å². The van der Waals surface area contributed by atoms with E-state index in [0.29, 0.717) is 25.7 Å². The van der Waals surface area contributed by atoms with Crippen LogP contribution in [0.25, 0.3) is 0 Å². The number of hydrogen-bond donors (Lipinski definition) is 4. The van der Waals surface area contributed by atoms with E-state index in [0.717, 1.165) is 0 Å². The van der Waals surface area contributed by atoms with Gasteiger partial charge in [0.05, 0.1) is 19.5 Å². The lowest BCUT2D eigenvalue weighted by atomic mass is 10.8. The van der Waals surface area contributed by atoms with Crippen molar-refractivity contribution in [3.63, 3.8) is 0 Å². The van der Waals surface area contributed by atoms with Gasteiger partial charge in [-0.2, -0.15) is 0 Å². The Bertz CT molecular complexity index is 377. The van der Waals surface area contributed by atoms with Gasteiger partial charge in [0.2, 0.25) is 0 Å². The first-order chi connectivity index (χ1) is 11.6. The monoisotopic (exact) mass is 374 g/mol. The maximum Gasteiger partial charge on any atom is 0.510 e. The number of carboxylic acid groups (broad SMARTS) is 4. The predicted octanol–water partition coefficient (Wildman–Crippen LogP) is 3.35. The molecule has 0 spiro atoms. The molecule has 0 aromatic heterocycles. The first-order valence-electron chi connectivity index (χ1n) is 5.95. The summed E-state index contributed by atoms with van der Waals surface area (Å²) in [5.74, 6) is 0. The molecule has 0 aromatic rings. The lowest BCUT2D eigenvalue weighted by Crippen LogP contribution is -2.05. The van der Waals surface area contributed by atoms with Gasteiger partial charge >= 0.3 is 24.6 Å². The van der Waals surface area contributed by atoms with E-state index < -0.39 is 24.6 Å². The van der Waals surface area contributed by atoms with Gasteiger partial charge in [-0.1, -0.05) is 6.58 Å². The molecular formula is C12H19FO12. The Balaban J connectivity index is -0.000000131. The fraction of sp³-hybridized carbons (Fsp3) is 0.333. The summed E-state index contributed by atoms with van der Waals surface area (Å²) < 4.78 is 26.4. The van der Waals surface area contributed by atoms with Gasteiger partial charge in [-0.05, 0) is 13.8 Å². The quantitative estimate of drug-likeness (QED) is 0.320. The molecule has 0 saturated carbocycles. The van der Waals surface area contributed by atoms with Crippen LogP contribution in [-0.2, 0) is 18.9 Å². The highest BCUT2D eigenvalue weighted by molar-refractivity contribution is 5.59. The van der Waals surface area contributed by atoms with Crippen molar-refractivity contribution < 1.29 is 62.9 Å². The molecule has 0 aliphatic heterocycles. The van der Waals surface area contributed by atoms with Crippen molar-refractivity contribution >= 4 is 24.6 Å². The van der Waals surface area contributed by atoms with E-state index in [1.807, 2.05) is 0 Å². The third-order valence-corrected chi connectivity index (χ3v) is 0.918. The summed E-state index contributed by atoms with van der Waals surface area (Å²) in [5, 5.41) is 29.5. The van der Waals surface area contributed by atoms with Crippen molar-refractivity contribution in [2.24, 2.45) is 0 Å². The minimum atomic E-state index is -1.83. The van der Waals surface area contributed by atoms with Crippen molar-refractivity contribution in [1.82, 2.24) is 0 Å². The average Bonchev–Trinajstić information content (AvgIpc) is 2.45. The molecule has 0 radical (unpaired) electrons. The van der Waals surface area contributed by atoms with Crippen LogP contribution >= 0.6 is 0 Å². The molecule has 12 nitrogen and oxygen atoms in total. The second-order valence-electron chi connectivity index (χ2n) is 2.59. The summed E-state index contributed by atoms with van der Waals surface area (Å²) in [6, 6.07) is 0. The van der Waals surface area contributed by atoms with Crippen molar-refractivity contribution in [3.8, 4) is 0 Å². The molecule has 4 N–H and O–H groups in total. The zero-order chi connectivity index (χ0) is 20.7. The van der Waals surface area contributed by atoms with E-state index in [4.69, 9.17) is 25.2 Å². The Kier molecular flexibility index (Phi) is 30.0. The molecule has 0 amide bonds. The Morgan fingerprint density at radius 2 is 1.12 bits per heavy atom. The number of ether oxygens (including phenoxy) is 4. The standard InChI is InChI=1S/C5H10O3.C4H4O6.C2H3F.CH2O3/c1-3-7-5(6)8-4-2;5-3(6)9-1-2-10-4(7)8;1-2-3;2-1(3)4/h3-4H2,1-2H3;1-2H,(H,5,6)(H,7,8);2H,1H2;(H2,2,3,4)/b;2-1+;;. The van der Waals surface area contributed by atoms with Gasteiger partial charge in [-0.3, -0.25) is 0 Å². The summed E-state index contributed by atoms with van der Waals surface area (Å²) in [7, 11) is 0. The third kappa shape index (κ3) is 77.8. The largest absolute Gasteiger partial charge is 0.510 e. The van der Waals surface area contributed by atoms with Crippen molar-refractivity contribution in [2.75, 3.05) is 13.2 Å². The molecule has 0 aliphatic rings. The van der Waals surface area contributed by atoms with E-state index >= 15 is 0 Å². The summed E-state index contributed by atoms with van der Waals surface area (Å²) in [5.41, 5.74) is 0. The van der Waals surface area contributed by atoms with Crippen LogP contribution in [0.2, 0.25) is 0 Å². The summed E-state index contributed by atoms with van der Waals surface area (Å²) in [6.45, 7) is 6.91. The molecule has 0 rings (SSSR count). The topological polar surface area (TPSA) is 186 Å². The van der Waals surface area contributed by atoms with Gasteiger partial charge in [-0.15, -0.1) is 0 Å². The summed E-state index contributed by atoms with van der Waals surface area (Å²) >= 11 is 0. The van der Waals surface area contributed by atoms with Crippen molar-refractivity contribution in [2.45, 2.75) is 13.8 Å². The average molecular weight is 374 g/mol. The van der Waals surface area contributed by atoms with E-state index in [2.05, 4.69) is 25.5 Å². The number of rotatable bonds is 4. The normalized spacial score (nSPS) is 7.80. The van der Waals surface area contributed by atoms with Crippen LogP contribution in [0, 0.1) is 0 Å². The van der Waals surface area contributed by atoms with Crippen LogP contribution in [0.5, 0.6) is 0 Å². The number of carbonyl (C=O) groups is 4. The Morgan fingerprint density at radius 1 is 0.880 bits per heavy atom. The van der Waals surface area contributed by atoms with E-state index in [1.165, 1.54) is 0 Å². The smallest absolute Gasteiger partial charge is 0.450 e. The van der Waals surface area contributed by atoms with Crippen LogP contribution in [0.1, 0.15) is 13.8 Å². The van der Waals surface area contributed by atoms with Gasteiger partial charge in [-0.25, -0.2) is 23.6 Å². The van der Waals surface area contributed by atoms with Crippen LogP contribution < -0.4 is 0 Å². The Hall–Kier alpha value is -3.51. The number of hydrogen-bond acceptors (Lipinski definition) is 8. The third-order valence-electron chi connectivity index (χ3n) is 0.918. The molecule has 13 heteroatoms. The SMILES string of the molecule is C=CF.CCOC(=O)OCC.O=C(O)O.O=C(O)O/C=C/OC(=O)O. The highest BCUT2D eigenvalue weighted by atomic mass is 19.1. The molecule has 0 heterocycles. The molecule has 0 bridgehead atoms. The van der Waals surface area contributed by atoms with Gasteiger partial charge in [0, 0.05) is 0 Å². The molecule has 146 valence electrons. The Morgan fingerprint density at radius 3 is 1.28 bits per heavy atom. The minimum absolute atomic E-state index is 0.250. The molecule has 0 unspecified atom stereocenters. The zero-order valence-electron chi connectivity index (χ0n) is 13.3. The second kappa shape index (κ2) is 25.4. The molecule has 25 heavy (non-hydrogen) atoms. The lowest BCUT2D eigenvalue weighted by Gasteiger charge is -1.98. The van der Waals surface area contributed by atoms with Crippen LogP contribution in [-0.4, -0.2) is 58.3 Å². The highest BCUT2D eigenvalue weighted by Crippen LogP contribution is 1.82. The lowest BCUT2D eigenvalue weighted by molar-refractivity contribution is 0.0630. The second-order valence-corrected chi connectivity index (χ2v) is 2.59. The van der Waals surface area contributed by atoms with Gasteiger partial charge in [0.1, 0.15) is 12.5 Å². The number of halogens is 1. The molecule has 0 saturated heterocycles. The molecule has 0 aliphatic carbocycles. The van der Waals surface area contributed by atoms with E-state index in [1.54, 1.807) is 13.8 Å². The first-order valence-corrected chi connectivity index (χ1v) is 5.95. The molecular weight excluding hydrogens is 355 g/mol. The maximum atomic E-state index is 10.2. The summed E-state index contributed by atoms with van der Waals surface area (Å²) in [4.78, 5) is 37.9. The number of carbonyl (C=O) groups excluding carboxylic acids is 1. The minimum Gasteiger partial charge on any atom is -0.450 e. The van der Waals surface area contributed by atoms with Crippen molar-refractivity contribution in [3.05, 3.63) is 25.4 Å².